The molecule has 31 N–H and O–H groups in total. The molecule has 0 aromatic rings. The predicted molar refractivity (Wildman–Crippen MR) is 386 cm³/mol. The van der Waals surface area contributed by atoms with Crippen LogP contribution in [0.5, 0.6) is 0 Å². The van der Waals surface area contributed by atoms with Crippen molar-refractivity contribution in [2.45, 2.75) is 348 Å². The zero-order chi connectivity index (χ0) is 92.1. The van der Waals surface area contributed by atoms with Crippen molar-refractivity contribution in [2.24, 2.45) is 0 Å². The molecule has 10 fully saturated rings. The van der Waals surface area contributed by atoms with E-state index >= 15 is 0 Å². The first-order valence-corrected chi connectivity index (χ1v) is 40.0. The van der Waals surface area contributed by atoms with Crippen LogP contribution >= 0.6 is 0 Å². The van der Waals surface area contributed by atoms with Crippen LogP contribution in [-0.2, 0) is 114 Å². The van der Waals surface area contributed by atoms with Crippen LogP contribution in [0.1, 0.15) is 41.5 Å². The summed E-state index contributed by atoms with van der Waals surface area (Å²) in [7, 11) is 0. The third-order valence-corrected chi connectivity index (χ3v) is 22.8. The van der Waals surface area contributed by atoms with E-state index < -0.39 is 396 Å². The maximum Gasteiger partial charge on any atom is 0.217 e. The first-order valence-electron chi connectivity index (χ1n) is 40.0. The van der Waals surface area contributed by atoms with Gasteiger partial charge in [0.25, 0.3) is 0 Å². The van der Waals surface area contributed by atoms with Gasteiger partial charge in [-0.25, -0.2) is 0 Å². The Labute approximate surface area is 708 Å². The summed E-state index contributed by atoms with van der Waals surface area (Å²) in [6, 6.07) is -9.49. The summed E-state index contributed by atoms with van der Waals surface area (Å²) in [4.78, 5) is 64.5. The second-order valence-electron chi connectivity index (χ2n) is 31.7. The number of nitrogens with one attached hydrogen (secondary N) is 5. The third-order valence-electron chi connectivity index (χ3n) is 22.8. The lowest BCUT2D eigenvalue weighted by Crippen LogP contribution is -2.72. The van der Waals surface area contributed by atoms with Crippen LogP contribution in [-0.4, -0.2) is 529 Å². The number of rotatable bonds is 32. The van der Waals surface area contributed by atoms with Gasteiger partial charge in [0.15, 0.2) is 62.9 Å². The van der Waals surface area contributed by atoms with Crippen LogP contribution < -0.4 is 26.6 Å². The van der Waals surface area contributed by atoms with Crippen LogP contribution in [0.4, 0.5) is 0 Å². The molecule has 55 heteroatoms. The summed E-state index contributed by atoms with van der Waals surface area (Å²) < 4.78 is 115. The number of aliphatic hydroxyl groups excluding tert-OH is 26. The van der Waals surface area contributed by atoms with E-state index in [4.69, 9.17) is 90.0 Å². The topological polar surface area (TPSA) is 847 Å². The third kappa shape index (κ3) is 22.9. The zero-order valence-electron chi connectivity index (χ0n) is 67.7. The molecule has 55 nitrogen and oxygen atoms in total. The highest BCUT2D eigenvalue weighted by molar-refractivity contribution is 5.75. The van der Waals surface area contributed by atoms with E-state index in [1.165, 1.54) is 6.92 Å². The van der Waals surface area contributed by atoms with E-state index in [-0.39, 0.29) is 0 Å². The number of ether oxygens (including phenoxy) is 19. The molecule has 1 unspecified atom stereocenters. The molecule has 0 aliphatic carbocycles. The first kappa shape index (κ1) is 103. The highest BCUT2D eigenvalue weighted by atomic mass is 16.8. The molecule has 10 aliphatic heterocycles. The molecule has 722 valence electrons. The number of amides is 5. The molecular formula is C70H117N5O50. The standard InChI is InChI=1S/C70H117N5O50/c1-16-36(89)46(99)49(102)66(108-16)122-57-35(75-21(6)88)65(115-29(14-83)56(57)121-67-50(103)47(100)39(92)24(9-78)112-67)119-55-28(13-82)116-70(60(51(55)104)125-63-33(73-19(4)86)43(96)38(91)23(8-77)111-63)123-58-41(94)30(15-107-69-59(48(101)40(93)25(10-79)113-69)124-62-32(72-18(3)85)42(95)37(90)22(7-76)110-62)117-68(52(58)105)120-54-27(12-81)114-64(34(45(54)98)74-20(5)87)118-53-26(11-80)109-61(106)31(44(53)97)71-17(2)84/h16,22-70,76-83,89-106H,7-15H2,1-6H3,(H,71,84)(H,72,85)(H,73,86)(H,74,87)(H,75,88)/t16-,22+,23+,24+,25+,26+,27+,28+,29+,30+,31+,32+,33+,34+,35+,36+,37+,38+,39-,40+,41+,42+,43+,44+,45+,46+,47-,48-,49-,50+,51-,52-,53+,54+,55+,56+,57+,58-,59-,60-,61?,62-,63-,64-,65-,66-,67-,68-,69-,70+/m0/s1. The molecule has 0 saturated carbocycles. The lowest BCUT2D eigenvalue weighted by Gasteiger charge is -2.52. The normalized spacial score (nSPS) is 48.7. The van der Waals surface area contributed by atoms with Crippen molar-refractivity contribution in [3.63, 3.8) is 0 Å². The first-order chi connectivity index (χ1) is 59.1. The second-order valence-corrected chi connectivity index (χ2v) is 31.7. The highest BCUT2D eigenvalue weighted by Crippen LogP contribution is 2.42. The van der Waals surface area contributed by atoms with E-state index in [0.717, 1.165) is 34.6 Å². The van der Waals surface area contributed by atoms with Gasteiger partial charge in [0.1, 0.15) is 238 Å². The maximum absolute atomic E-state index is 13.6. The lowest BCUT2D eigenvalue weighted by molar-refractivity contribution is -0.407. The van der Waals surface area contributed by atoms with Gasteiger partial charge in [-0.1, -0.05) is 0 Å². The minimum Gasteiger partial charge on any atom is -0.394 e. The number of hydrogen-bond acceptors (Lipinski definition) is 50. The zero-order valence-corrected chi connectivity index (χ0v) is 67.7. The minimum atomic E-state index is -2.68. The number of aliphatic hydroxyl groups is 26. The van der Waals surface area contributed by atoms with Crippen LogP contribution in [0, 0.1) is 0 Å². The van der Waals surface area contributed by atoms with Crippen molar-refractivity contribution >= 4 is 29.5 Å². The molecule has 125 heavy (non-hydrogen) atoms. The molecule has 0 radical (unpaired) electrons. The Hall–Kier alpha value is -4.45. The Morgan fingerprint density at radius 2 is 0.512 bits per heavy atom. The van der Waals surface area contributed by atoms with Gasteiger partial charge < -0.3 is 249 Å². The van der Waals surface area contributed by atoms with Crippen molar-refractivity contribution in [2.75, 3.05) is 59.5 Å². The molecule has 50 atom stereocenters. The van der Waals surface area contributed by atoms with Gasteiger partial charge in [0, 0.05) is 34.6 Å². The Bertz CT molecular complexity index is 3420. The quantitative estimate of drug-likeness (QED) is 0.0297. The number of carbonyl (C=O) groups excluding carboxylic acids is 5. The molecule has 0 spiro atoms. The molecule has 10 heterocycles. The molecule has 0 bridgehead atoms. The second kappa shape index (κ2) is 44.9. The van der Waals surface area contributed by atoms with E-state index in [9.17, 15) is 157 Å². The fourth-order valence-electron chi connectivity index (χ4n) is 16.3. The van der Waals surface area contributed by atoms with Crippen molar-refractivity contribution in [3.8, 4) is 0 Å². The summed E-state index contributed by atoms with van der Waals surface area (Å²) in [6.07, 6.45) is -95.9. The summed E-state index contributed by atoms with van der Waals surface area (Å²) >= 11 is 0. The van der Waals surface area contributed by atoms with E-state index in [0.29, 0.717) is 0 Å². The molecule has 10 aliphatic rings. The van der Waals surface area contributed by atoms with E-state index in [1.807, 2.05) is 0 Å². The van der Waals surface area contributed by atoms with Gasteiger partial charge in [-0.15, -0.1) is 0 Å². The van der Waals surface area contributed by atoms with Gasteiger partial charge in [-0.2, -0.15) is 0 Å². The van der Waals surface area contributed by atoms with Crippen LogP contribution in [0.2, 0.25) is 0 Å². The van der Waals surface area contributed by atoms with Crippen molar-refractivity contribution in [3.05, 3.63) is 0 Å². The minimum absolute atomic E-state index is 0.807. The molecule has 0 aromatic heterocycles. The SMILES string of the molecule is CC(=O)N[C@H]1[C@H](O[C@H]2[C@H](O)[C@@H](NC(C)=O)C(O)O[C@@H]2CO)O[C@H](CO)[C@@H](O[C@@H]2O[C@H](CO[C@H]3O[C@H](CO)[C@@H](O)[C@H](O)[C@@H]3O[C@@H]3O[C@H](CO)[C@@H](O)[C@H](O)[C@H]3NC(C)=O)[C@@H](O)[C@H](O[C@H]3O[C@H](CO)[C@@H](O[C@@H]4O[C@H](CO)[C@@H](O[C@@H]5O[C@H](CO)[C@H](O)[C@H](O)[C@H]5O)[C@H](O[C@@H]5O[C@@H](C)[C@@H](O)[C@@H](O)[C@@H]5O)[C@H]4NC(C)=O)[C@H](O)[C@@H]3O[C@@H]3O[C@H](CO)[C@@H](O)[C@H](O)[C@H]3NC(C)=O)[C@@H]2O)[C@@H]1O. The Morgan fingerprint density at radius 3 is 0.976 bits per heavy atom. The highest BCUT2D eigenvalue weighted by Gasteiger charge is 2.63. The van der Waals surface area contributed by atoms with Gasteiger partial charge >= 0.3 is 0 Å². The molecular weight excluding hydrogens is 1710 g/mol. The molecule has 10 rings (SSSR count). The van der Waals surface area contributed by atoms with Crippen molar-refractivity contribution < 1.29 is 247 Å². The van der Waals surface area contributed by atoms with Gasteiger partial charge in [0.2, 0.25) is 29.5 Å². The largest absolute Gasteiger partial charge is 0.394 e. The van der Waals surface area contributed by atoms with Gasteiger partial charge in [-0.3, -0.25) is 24.0 Å². The summed E-state index contributed by atoms with van der Waals surface area (Å²) in [5.41, 5.74) is 0. The van der Waals surface area contributed by atoms with Crippen LogP contribution in [0.3, 0.4) is 0 Å². The smallest absolute Gasteiger partial charge is 0.217 e. The fourth-order valence-corrected chi connectivity index (χ4v) is 16.3. The summed E-state index contributed by atoms with van der Waals surface area (Å²) in [5.74, 6) is -4.66. The number of carbonyl (C=O) groups is 5. The molecule has 5 amide bonds. The van der Waals surface area contributed by atoms with Gasteiger partial charge in [0.05, 0.1) is 65.6 Å². The molecule has 0 aromatic carbocycles. The Balaban J connectivity index is 1.06. The average molecular weight is 1830 g/mol. The monoisotopic (exact) mass is 1830 g/mol. The van der Waals surface area contributed by atoms with Crippen molar-refractivity contribution in [1.82, 2.24) is 26.6 Å². The Morgan fingerprint density at radius 1 is 0.224 bits per heavy atom. The van der Waals surface area contributed by atoms with Gasteiger partial charge in [-0.05, 0) is 6.92 Å². The number of hydrogen-bond donors (Lipinski definition) is 31. The molecule has 10 saturated heterocycles. The summed E-state index contributed by atoms with van der Waals surface area (Å²) in [6.45, 7) is -4.49. The predicted octanol–water partition coefficient (Wildman–Crippen LogP) is -21.1. The average Bonchev–Trinajstić information content (AvgIpc) is 0.755. The van der Waals surface area contributed by atoms with Crippen LogP contribution in [0.15, 0.2) is 0 Å². The lowest BCUT2D eigenvalue weighted by atomic mass is 9.93. The van der Waals surface area contributed by atoms with E-state index in [2.05, 4.69) is 26.6 Å². The van der Waals surface area contributed by atoms with Crippen molar-refractivity contribution in [1.29, 1.82) is 0 Å². The van der Waals surface area contributed by atoms with E-state index in [1.54, 1.807) is 0 Å². The Kier molecular flexibility index (Phi) is 36.8. The van der Waals surface area contributed by atoms with Crippen LogP contribution in [0.25, 0.3) is 0 Å². The summed E-state index contributed by atoms with van der Waals surface area (Å²) in [5, 5.41) is 305. The maximum atomic E-state index is 13.6. The fraction of sp³-hybridized carbons (Fsp3) is 0.929.